The average Bonchev–Trinajstić information content (AvgIpc) is 2.65. The number of nitrogens with zero attached hydrogens (tertiary/aromatic N) is 1. The highest BCUT2D eigenvalue weighted by atomic mass is 16.5. The molecule has 138 valence electrons. The number of aryl methyl sites for hydroxylation is 1. The largest absolute Gasteiger partial charge is 0.493 e. The second-order valence-corrected chi connectivity index (χ2v) is 5.36. The lowest BCUT2D eigenvalue weighted by atomic mass is 10.2. The molecule has 7 nitrogen and oxygen atoms in total. The topological polar surface area (TPSA) is 78.4 Å². The van der Waals surface area contributed by atoms with Crippen molar-refractivity contribution >= 4 is 12.1 Å². The molecule has 0 fully saturated rings. The van der Waals surface area contributed by atoms with Gasteiger partial charge in [0.25, 0.3) is 5.91 Å². The number of rotatable bonds is 8. The van der Waals surface area contributed by atoms with E-state index in [2.05, 4.69) is 10.5 Å². The molecule has 0 radical (unpaired) electrons. The van der Waals surface area contributed by atoms with E-state index in [1.165, 1.54) is 27.5 Å². The molecule has 0 saturated carbocycles. The zero-order valence-corrected chi connectivity index (χ0v) is 15.2. The van der Waals surface area contributed by atoms with Crippen LogP contribution in [0, 0.1) is 6.92 Å². The number of ether oxygens (including phenoxy) is 4. The summed E-state index contributed by atoms with van der Waals surface area (Å²) in [7, 11) is 4.59. The number of hydrazone groups is 1. The highest BCUT2D eigenvalue weighted by molar-refractivity contribution is 5.84. The van der Waals surface area contributed by atoms with Gasteiger partial charge in [-0.1, -0.05) is 12.1 Å². The van der Waals surface area contributed by atoms with Crippen molar-refractivity contribution in [1.82, 2.24) is 5.43 Å². The van der Waals surface area contributed by atoms with Crippen LogP contribution in [-0.2, 0) is 4.79 Å². The molecule has 26 heavy (non-hydrogen) atoms. The van der Waals surface area contributed by atoms with Gasteiger partial charge in [0.15, 0.2) is 18.1 Å². The van der Waals surface area contributed by atoms with Gasteiger partial charge in [-0.2, -0.15) is 5.10 Å². The number of hydrogen-bond acceptors (Lipinski definition) is 6. The molecule has 0 atom stereocenters. The van der Waals surface area contributed by atoms with Gasteiger partial charge in [0.1, 0.15) is 5.75 Å². The summed E-state index contributed by atoms with van der Waals surface area (Å²) >= 11 is 0. The van der Waals surface area contributed by atoms with Crippen LogP contribution >= 0.6 is 0 Å². The molecule has 0 heterocycles. The molecular weight excluding hydrogens is 336 g/mol. The number of amides is 1. The Hall–Kier alpha value is -3.22. The minimum absolute atomic E-state index is 0.129. The van der Waals surface area contributed by atoms with Gasteiger partial charge in [0.2, 0.25) is 5.75 Å². The van der Waals surface area contributed by atoms with Crippen molar-refractivity contribution in [3.05, 3.63) is 47.5 Å². The van der Waals surface area contributed by atoms with Crippen LogP contribution in [0.25, 0.3) is 0 Å². The third kappa shape index (κ3) is 5.14. The van der Waals surface area contributed by atoms with Crippen LogP contribution < -0.4 is 24.4 Å². The summed E-state index contributed by atoms with van der Waals surface area (Å²) in [5, 5.41) is 3.92. The van der Waals surface area contributed by atoms with Gasteiger partial charge < -0.3 is 18.9 Å². The smallest absolute Gasteiger partial charge is 0.277 e. The highest BCUT2D eigenvalue weighted by Crippen LogP contribution is 2.37. The standard InChI is InChI=1S/C19H22N2O5/c1-13-6-5-7-15(8-13)26-12-18(22)21-20-11-14-9-16(23-2)19(25-4)17(10-14)24-3/h5-11H,12H2,1-4H3,(H,21,22)/b20-11-. The van der Waals surface area contributed by atoms with E-state index in [0.29, 0.717) is 28.6 Å². The predicted molar refractivity (Wildman–Crippen MR) is 98.5 cm³/mol. The summed E-state index contributed by atoms with van der Waals surface area (Å²) in [5.41, 5.74) is 4.15. The summed E-state index contributed by atoms with van der Waals surface area (Å²) in [4.78, 5) is 11.8. The molecule has 2 rings (SSSR count). The Morgan fingerprint density at radius 1 is 1.08 bits per heavy atom. The maximum atomic E-state index is 11.8. The van der Waals surface area contributed by atoms with E-state index in [1.807, 2.05) is 25.1 Å². The molecule has 2 aromatic rings. The minimum Gasteiger partial charge on any atom is -0.493 e. The fraction of sp³-hybridized carbons (Fsp3) is 0.263. The lowest BCUT2D eigenvalue weighted by Gasteiger charge is -2.12. The maximum absolute atomic E-state index is 11.8. The summed E-state index contributed by atoms with van der Waals surface area (Å²) in [6.45, 7) is 1.82. The second-order valence-electron chi connectivity index (χ2n) is 5.36. The van der Waals surface area contributed by atoms with E-state index < -0.39 is 0 Å². The zero-order valence-electron chi connectivity index (χ0n) is 15.2. The van der Waals surface area contributed by atoms with Crippen molar-refractivity contribution in [3.8, 4) is 23.0 Å². The Morgan fingerprint density at radius 2 is 1.77 bits per heavy atom. The zero-order chi connectivity index (χ0) is 18.9. The van der Waals surface area contributed by atoms with Crippen molar-refractivity contribution in [3.63, 3.8) is 0 Å². The summed E-state index contributed by atoms with van der Waals surface area (Å²) in [5.74, 6) is 1.76. The van der Waals surface area contributed by atoms with E-state index in [-0.39, 0.29) is 12.5 Å². The fourth-order valence-corrected chi connectivity index (χ4v) is 2.24. The van der Waals surface area contributed by atoms with Gasteiger partial charge in [-0.05, 0) is 36.8 Å². The number of benzene rings is 2. The van der Waals surface area contributed by atoms with Crippen LogP contribution in [0.3, 0.4) is 0 Å². The Bertz CT molecular complexity index is 764. The fourth-order valence-electron chi connectivity index (χ4n) is 2.24. The highest BCUT2D eigenvalue weighted by Gasteiger charge is 2.12. The van der Waals surface area contributed by atoms with Crippen LogP contribution in [0.2, 0.25) is 0 Å². The van der Waals surface area contributed by atoms with Crippen LogP contribution in [0.4, 0.5) is 0 Å². The number of hydrogen-bond donors (Lipinski definition) is 1. The lowest BCUT2D eigenvalue weighted by Crippen LogP contribution is -2.24. The van der Waals surface area contributed by atoms with Crippen molar-refractivity contribution in [2.45, 2.75) is 6.92 Å². The molecule has 0 aromatic heterocycles. The molecule has 7 heteroatoms. The molecule has 0 aliphatic carbocycles. The van der Waals surface area contributed by atoms with Crippen LogP contribution in [0.15, 0.2) is 41.5 Å². The van der Waals surface area contributed by atoms with E-state index in [1.54, 1.807) is 18.2 Å². The molecule has 0 spiro atoms. The van der Waals surface area contributed by atoms with Crippen LogP contribution in [0.5, 0.6) is 23.0 Å². The van der Waals surface area contributed by atoms with Gasteiger partial charge in [-0.25, -0.2) is 5.43 Å². The first-order valence-corrected chi connectivity index (χ1v) is 7.88. The van der Waals surface area contributed by atoms with Crippen molar-refractivity contribution in [2.75, 3.05) is 27.9 Å². The monoisotopic (exact) mass is 358 g/mol. The summed E-state index contributed by atoms with van der Waals surface area (Å²) in [6.07, 6.45) is 1.48. The Kier molecular flexibility index (Phi) is 6.84. The molecule has 1 amide bonds. The molecule has 0 saturated heterocycles. The molecule has 2 aromatic carbocycles. The van der Waals surface area contributed by atoms with Crippen LogP contribution in [0.1, 0.15) is 11.1 Å². The normalized spacial score (nSPS) is 10.5. The SMILES string of the molecule is COc1cc(/C=N\NC(=O)COc2cccc(C)c2)cc(OC)c1OC. The number of carbonyl (C=O) groups is 1. The number of methoxy groups -OCH3 is 3. The van der Waals surface area contributed by atoms with E-state index >= 15 is 0 Å². The number of carbonyl (C=O) groups excluding carboxylic acids is 1. The molecule has 1 N–H and O–H groups in total. The summed E-state index contributed by atoms with van der Waals surface area (Å²) < 4.78 is 21.2. The third-order valence-electron chi connectivity index (χ3n) is 3.45. The second kappa shape index (κ2) is 9.31. The molecular formula is C19H22N2O5. The quantitative estimate of drug-likeness (QED) is 0.580. The van der Waals surface area contributed by atoms with E-state index in [0.717, 1.165) is 5.56 Å². The van der Waals surface area contributed by atoms with Gasteiger partial charge in [0.05, 0.1) is 27.5 Å². The number of nitrogens with one attached hydrogen (secondary N) is 1. The van der Waals surface area contributed by atoms with Crippen molar-refractivity contribution in [2.24, 2.45) is 5.10 Å². The lowest BCUT2D eigenvalue weighted by molar-refractivity contribution is -0.123. The van der Waals surface area contributed by atoms with Crippen molar-refractivity contribution in [1.29, 1.82) is 0 Å². The Labute approximate surface area is 152 Å². The van der Waals surface area contributed by atoms with Gasteiger partial charge >= 0.3 is 0 Å². The molecule has 0 bridgehead atoms. The van der Waals surface area contributed by atoms with Gasteiger partial charge in [-0.15, -0.1) is 0 Å². The minimum atomic E-state index is -0.366. The third-order valence-corrected chi connectivity index (χ3v) is 3.45. The van der Waals surface area contributed by atoms with Crippen molar-refractivity contribution < 1.29 is 23.7 Å². The van der Waals surface area contributed by atoms with E-state index in [4.69, 9.17) is 18.9 Å². The predicted octanol–water partition coefficient (Wildman–Crippen LogP) is 2.55. The maximum Gasteiger partial charge on any atom is 0.277 e. The first-order valence-electron chi connectivity index (χ1n) is 7.88. The molecule has 0 unspecified atom stereocenters. The van der Waals surface area contributed by atoms with Crippen LogP contribution in [-0.4, -0.2) is 40.1 Å². The molecule has 0 aliphatic heterocycles. The van der Waals surface area contributed by atoms with Gasteiger partial charge in [0, 0.05) is 5.56 Å². The Balaban J connectivity index is 1.96. The van der Waals surface area contributed by atoms with E-state index in [9.17, 15) is 4.79 Å². The first kappa shape index (κ1) is 19.1. The average molecular weight is 358 g/mol. The Morgan fingerprint density at radius 3 is 2.35 bits per heavy atom. The first-order chi connectivity index (χ1) is 12.6. The molecule has 0 aliphatic rings. The van der Waals surface area contributed by atoms with Gasteiger partial charge in [-0.3, -0.25) is 4.79 Å². The summed E-state index contributed by atoms with van der Waals surface area (Å²) in [6, 6.07) is 10.9.